The van der Waals surface area contributed by atoms with Crippen LogP contribution < -0.4 is 23.7 Å². The first-order valence-corrected chi connectivity index (χ1v) is 14.2. The first-order valence-electron chi connectivity index (χ1n) is 13.4. The Morgan fingerprint density at radius 2 is 1.70 bits per heavy atom. The van der Waals surface area contributed by atoms with Crippen molar-refractivity contribution in [2.24, 2.45) is 5.92 Å². The molecule has 1 aliphatic rings. The Kier molecular flexibility index (Phi) is 11.1. The summed E-state index contributed by atoms with van der Waals surface area (Å²) in [5, 5.41) is 12.0. The zero-order valence-corrected chi connectivity index (χ0v) is 25.4. The first kappa shape index (κ1) is 32.4. The molecule has 0 radical (unpaired) electrons. The van der Waals surface area contributed by atoms with Gasteiger partial charge in [0.1, 0.15) is 16.1 Å². The van der Waals surface area contributed by atoms with Crippen LogP contribution in [0.2, 0.25) is 10.0 Å². The summed E-state index contributed by atoms with van der Waals surface area (Å²) in [6.07, 6.45) is 3.31. The van der Waals surface area contributed by atoms with Crippen molar-refractivity contribution in [2.45, 2.75) is 38.5 Å². The number of benzene rings is 2. The molecule has 0 N–H and O–H groups in total. The molecular weight excluding hydrogens is 609 g/mol. The van der Waals surface area contributed by atoms with Crippen molar-refractivity contribution in [3.8, 4) is 23.0 Å². The van der Waals surface area contributed by atoms with Crippen molar-refractivity contribution < 1.29 is 42.0 Å². The smallest absolute Gasteiger partial charge is 0.387 e. The summed E-state index contributed by atoms with van der Waals surface area (Å²) in [7, 11) is 4.84. The third kappa shape index (κ3) is 9.22. The summed E-state index contributed by atoms with van der Waals surface area (Å²) in [6, 6.07) is 9.81. The molecule has 1 saturated carbocycles. The van der Waals surface area contributed by atoms with E-state index in [0.717, 1.165) is 30.8 Å². The third-order valence-electron chi connectivity index (χ3n) is 6.75. The molecule has 1 aromatic heterocycles. The van der Waals surface area contributed by atoms with E-state index in [1.54, 1.807) is 32.2 Å². The molecule has 43 heavy (non-hydrogen) atoms. The van der Waals surface area contributed by atoms with Crippen LogP contribution in [0.4, 0.5) is 8.78 Å². The van der Waals surface area contributed by atoms with E-state index in [1.807, 2.05) is 12.1 Å². The maximum Gasteiger partial charge on any atom is 0.387 e. The number of hydrogen-bond acceptors (Lipinski definition) is 8. The number of alkyl halides is 2. The molecule has 4 rings (SSSR count). The summed E-state index contributed by atoms with van der Waals surface area (Å²) in [5.74, 6) is 0.886. The van der Waals surface area contributed by atoms with E-state index >= 15 is 0 Å². The van der Waals surface area contributed by atoms with Crippen molar-refractivity contribution in [1.82, 2.24) is 4.90 Å². The zero-order valence-electron chi connectivity index (χ0n) is 23.9. The fourth-order valence-electron chi connectivity index (χ4n) is 4.42. The Hall–Kier alpha value is -3.54. The average molecular weight is 641 g/mol. The van der Waals surface area contributed by atoms with Crippen molar-refractivity contribution >= 4 is 29.2 Å². The molecule has 3 aromatic rings. The van der Waals surface area contributed by atoms with E-state index in [9.17, 15) is 18.8 Å². The maximum absolute atomic E-state index is 13.2. The highest BCUT2D eigenvalue weighted by atomic mass is 35.5. The number of carbonyl (C=O) groups is 1. The van der Waals surface area contributed by atoms with Gasteiger partial charge in [-0.05, 0) is 61.2 Å². The molecular formula is C30H32Cl2F2N2O7. The van der Waals surface area contributed by atoms with Crippen LogP contribution in [0.5, 0.6) is 23.0 Å². The predicted molar refractivity (Wildman–Crippen MR) is 155 cm³/mol. The van der Waals surface area contributed by atoms with E-state index < -0.39 is 18.7 Å². The number of rotatable bonds is 15. The number of aromatic nitrogens is 1. The van der Waals surface area contributed by atoms with Gasteiger partial charge in [0.2, 0.25) is 0 Å². The number of nitrogens with zero attached hydrogens (tertiary/aromatic N) is 2. The van der Waals surface area contributed by atoms with Gasteiger partial charge in [0.25, 0.3) is 0 Å². The largest absolute Gasteiger partial charge is 0.619 e. The Bertz CT molecular complexity index is 1400. The van der Waals surface area contributed by atoms with Crippen LogP contribution >= 0.6 is 23.2 Å². The van der Waals surface area contributed by atoms with Crippen LogP contribution in [0.1, 0.15) is 35.6 Å². The lowest BCUT2D eigenvalue weighted by atomic mass is 10.0. The van der Waals surface area contributed by atoms with Gasteiger partial charge in [0.15, 0.2) is 35.4 Å². The van der Waals surface area contributed by atoms with Crippen LogP contribution in [0.15, 0.2) is 48.8 Å². The van der Waals surface area contributed by atoms with Gasteiger partial charge < -0.3 is 28.9 Å². The molecule has 1 unspecified atom stereocenters. The Morgan fingerprint density at radius 1 is 1.02 bits per heavy atom. The van der Waals surface area contributed by atoms with Gasteiger partial charge >= 0.3 is 12.6 Å². The van der Waals surface area contributed by atoms with Crippen LogP contribution in [0, 0.1) is 11.1 Å². The van der Waals surface area contributed by atoms with Gasteiger partial charge in [-0.15, -0.1) is 0 Å². The molecule has 232 valence electrons. The Morgan fingerprint density at radius 3 is 2.33 bits per heavy atom. The topological polar surface area (TPSA) is 93.4 Å². The van der Waals surface area contributed by atoms with Crippen LogP contribution in [-0.4, -0.2) is 51.9 Å². The molecule has 1 heterocycles. The molecule has 0 spiro atoms. The number of esters is 1. The van der Waals surface area contributed by atoms with E-state index in [1.165, 1.54) is 18.2 Å². The standard InChI is InChI=1S/C30H32Cl2F2N2O7/c1-35(13-19-6-8-24(39-2)27(10-19)40-3)16-29(37)42-26(12-21-22(31)14-36(38)15-23(21)32)20-7-9-25(43-30(33)34)28(11-20)41-17-18-4-5-18/h6-11,14-15,18,26,30H,4-5,12-13,16-17H2,1-3H3. The van der Waals surface area contributed by atoms with Crippen LogP contribution in [0.25, 0.3) is 0 Å². The molecule has 1 fully saturated rings. The van der Waals surface area contributed by atoms with Gasteiger partial charge in [0, 0.05) is 18.5 Å². The number of hydrogen-bond donors (Lipinski definition) is 0. The van der Waals surface area contributed by atoms with Crippen LogP contribution in [-0.2, 0) is 22.5 Å². The first-order chi connectivity index (χ1) is 20.6. The molecule has 0 aliphatic heterocycles. The third-order valence-corrected chi connectivity index (χ3v) is 7.40. The van der Waals surface area contributed by atoms with Gasteiger partial charge in [-0.3, -0.25) is 9.69 Å². The average Bonchev–Trinajstić information content (AvgIpc) is 3.78. The minimum Gasteiger partial charge on any atom is -0.619 e. The van der Waals surface area contributed by atoms with Crippen molar-refractivity contribution in [1.29, 1.82) is 0 Å². The number of halogens is 4. The second-order valence-corrected chi connectivity index (χ2v) is 11.0. The highest BCUT2D eigenvalue weighted by Crippen LogP contribution is 2.38. The molecule has 1 atom stereocenters. The number of pyridine rings is 1. The number of carbonyl (C=O) groups excluding carboxylic acids is 1. The molecule has 13 heteroatoms. The summed E-state index contributed by atoms with van der Waals surface area (Å²) in [6.45, 7) is -2.39. The highest BCUT2D eigenvalue weighted by molar-refractivity contribution is 6.35. The fraction of sp³-hybridized carbons (Fsp3) is 0.400. The maximum atomic E-state index is 13.2. The van der Waals surface area contributed by atoms with Gasteiger partial charge in [-0.1, -0.05) is 35.3 Å². The molecule has 0 saturated heterocycles. The minimum atomic E-state index is -3.05. The van der Waals surface area contributed by atoms with Crippen molar-refractivity contribution in [2.75, 3.05) is 34.4 Å². The quantitative estimate of drug-likeness (QED) is 0.114. The van der Waals surface area contributed by atoms with Crippen molar-refractivity contribution in [3.63, 3.8) is 0 Å². The highest BCUT2D eigenvalue weighted by Gasteiger charge is 2.26. The summed E-state index contributed by atoms with van der Waals surface area (Å²) >= 11 is 12.7. The molecule has 0 amide bonds. The van der Waals surface area contributed by atoms with Gasteiger partial charge in [-0.25, -0.2) is 0 Å². The van der Waals surface area contributed by atoms with Gasteiger partial charge in [-0.2, -0.15) is 13.5 Å². The van der Waals surface area contributed by atoms with Gasteiger partial charge in [0.05, 0.1) is 27.4 Å². The van der Waals surface area contributed by atoms with E-state index in [2.05, 4.69) is 4.74 Å². The molecule has 9 nitrogen and oxygen atoms in total. The molecule has 0 bridgehead atoms. The number of likely N-dealkylation sites (N-methyl/N-ethyl adjacent to an activating group) is 1. The number of methoxy groups -OCH3 is 2. The summed E-state index contributed by atoms with van der Waals surface area (Å²) < 4.78 is 53.7. The second kappa shape index (κ2) is 14.8. The molecule has 1 aliphatic carbocycles. The lowest BCUT2D eigenvalue weighted by Gasteiger charge is -2.23. The molecule has 2 aromatic carbocycles. The monoisotopic (exact) mass is 640 g/mol. The minimum absolute atomic E-state index is 0.000750. The van der Waals surface area contributed by atoms with Crippen molar-refractivity contribution in [3.05, 3.63) is 80.7 Å². The lowest BCUT2D eigenvalue weighted by molar-refractivity contribution is -0.605. The lowest BCUT2D eigenvalue weighted by Crippen LogP contribution is -2.29. The SMILES string of the molecule is COc1ccc(CN(C)CC(=O)OC(Cc2c(Cl)c[n+]([O-])cc2Cl)c2ccc(OC(F)F)c(OCC3CC3)c2)cc1OC. The number of ether oxygens (including phenoxy) is 5. The van der Waals surface area contributed by atoms with E-state index in [4.69, 9.17) is 42.1 Å². The second-order valence-electron chi connectivity index (χ2n) is 10.2. The fourth-order valence-corrected chi connectivity index (χ4v) is 5.02. The summed E-state index contributed by atoms with van der Waals surface area (Å²) in [4.78, 5) is 15.0. The Labute approximate surface area is 258 Å². The summed E-state index contributed by atoms with van der Waals surface area (Å²) in [5.41, 5.74) is 1.69. The zero-order chi connectivity index (χ0) is 31.1. The normalized spacial score (nSPS) is 13.6. The van der Waals surface area contributed by atoms with Crippen LogP contribution in [0.3, 0.4) is 0 Å². The predicted octanol–water partition coefficient (Wildman–Crippen LogP) is 5.99. The Balaban J connectivity index is 1.56. The van der Waals surface area contributed by atoms with E-state index in [0.29, 0.717) is 46.4 Å². The van der Waals surface area contributed by atoms with E-state index in [-0.39, 0.29) is 34.5 Å².